The van der Waals surface area contributed by atoms with Crippen LogP contribution in [0.4, 0.5) is 5.69 Å². The molecule has 2 aliphatic heterocycles. The van der Waals surface area contributed by atoms with Gasteiger partial charge in [-0.3, -0.25) is 20.0 Å². The van der Waals surface area contributed by atoms with Gasteiger partial charge in [0.25, 0.3) is 0 Å². The number of likely N-dealkylation sites (tertiary alicyclic amines) is 1. The van der Waals surface area contributed by atoms with E-state index in [0.29, 0.717) is 44.7 Å². The van der Waals surface area contributed by atoms with Gasteiger partial charge < -0.3 is 15.7 Å². The number of piperidine rings is 1. The third-order valence-electron chi connectivity index (χ3n) is 5.51. The molecule has 11 nitrogen and oxygen atoms in total. The summed E-state index contributed by atoms with van der Waals surface area (Å²) in [5, 5.41) is 30.2. The van der Waals surface area contributed by atoms with Crippen LogP contribution in [0.1, 0.15) is 12.8 Å². The first-order chi connectivity index (χ1) is 15.3. The normalized spacial score (nSPS) is 21.0. The molecular formula is C19H28N7O4S2-. The average molecular weight is 483 g/mol. The zero-order valence-corrected chi connectivity index (χ0v) is 19.3. The summed E-state index contributed by atoms with van der Waals surface area (Å²) in [6, 6.07) is 7.71. The maximum Gasteiger partial charge on any atom is 0.238 e. The third kappa shape index (κ3) is 7.12. The Hall–Kier alpha value is -1.76. The number of hydrazine groups is 1. The number of amides is 1. The van der Waals surface area contributed by atoms with Gasteiger partial charge in [-0.15, -0.1) is 11.8 Å². The number of nitrogens with zero attached hydrogens (tertiary/aromatic N) is 4. The summed E-state index contributed by atoms with van der Waals surface area (Å²) in [7, 11) is -3.77. The van der Waals surface area contributed by atoms with E-state index in [1.165, 1.54) is 24.3 Å². The Bertz CT molecular complexity index is 915. The maximum absolute atomic E-state index is 12.4. The zero-order valence-electron chi connectivity index (χ0n) is 17.6. The van der Waals surface area contributed by atoms with E-state index >= 15 is 0 Å². The van der Waals surface area contributed by atoms with Crippen molar-refractivity contribution in [2.24, 2.45) is 5.14 Å². The van der Waals surface area contributed by atoms with E-state index in [1.54, 1.807) is 11.8 Å². The number of sulfonamides is 1. The third-order valence-corrected chi connectivity index (χ3v) is 7.51. The molecule has 32 heavy (non-hydrogen) atoms. The molecule has 4 N–H and O–H groups in total. The van der Waals surface area contributed by atoms with Gasteiger partial charge in [0.15, 0.2) is 0 Å². The molecule has 13 heteroatoms. The lowest BCUT2D eigenvalue weighted by atomic mass is 10.1. The predicted molar refractivity (Wildman–Crippen MR) is 123 cm³/mol. The van der Waals surface area contributed by atoms with Gasteiger partial charge in [0.05, 0.1) is 17.5 Å². The van der Waals surface area contributed by atoms with Crippen molar-refractivity contribution in [3.63, 3.8) is 0 Å². The van der Waals surface area contributed by atoms with Gasteiger partial charge in [-0.1, -0.05) is 0 Å². The van der Waals surface area contributed by atoms with Crippen molar-refractivity contribution in [2.75, 3.05) is 49.7 Å². The Kier molecular flexibility index (Phi) is 8.86. The molecule has 1 aromatic carbocycles. The van der Waals surface area contributed by atoms with E-state index in [4.69, 9.17) is 10.4 Å². The number of hydrogen-bond donors (Lipinski definition) is 3. The lowest BCUT2D eigenvalue weighted by molar-refractivity contribution is -0.117. The van der Waals surface area contributed by atoms with E-state index in [0.717, 1.165) is 16.8 Å². The topological polar surface area (TPSA) is 158 Å². The van der Waals surface area contributed by atoms with Crippen LogP contribution in [0.3, 0.4) is 0 Å². The number of carbonyl (C=O) groups excluding carboxylic acids is 1. The first-order valence-electron chi connectivity index (χ1n) is 10.3. The van der Waals surface area contributed by atoms with Crippen LogP contribution >= 0.6 is 11.8 Å². The Morgan fingerprint density at radius 2 is 2.00 bits per heavy atom. The molecule has 2 heterocycles. The summed E-state index contributed by atoms with van der Waals surface area (Å²) >= 11 is 1.73. The van der Waals surface area contributed by atoms with Gasteiger partial charge in [-0.2, -0.15) is 5.26 Å². The highest BCUT2D eigenvalue weighted by Crippen LogP contribution is 2.19. The summed E-state index contributed by atoms with van der Waals surface area (Å²) in [6.45, 7) is 2.60. The minimum atomic E-state index is -3.77. The SMILES string of the molecule is N#CC1CSCN1CCNN([O-])C1CCN(CC(=O)Nc2ccc(S(N)(=O)=O)cc2)CC1. The molecule has 2 saturated heterocycles. The van der Waals surface area contributed by atoms with Crippen LogP contribution in [0.2, 0.25) is 0 Å². The van der Waals surface area contributed by atoms with E-state index in [2.05, 4.69) is 21.7 Å². The summed E-state index contributed by atoms with van der Waals surface area (Å²) in [4.78, 5) is 16.3. The Morgan fingerprint density at radius 3 is 2.62 bits per heavy atom. The van der Waals surface area contributed by atoms with Crippen LogP contribution < -0.4 is 15.9 Å². The Labute approximate surface area is 192 Å². The van der Waals surface area contributed by atoms with Crippen LogP contribution in [0.15, 0.2) is 29.2 Å². The summed E-state index contributed by atoms with van der Waals surface area (Å²) in [5.41, 5.74) is 3.38. The van der Waals surface area contributed by atoms with Gasteiger partial charge >= 0.3 is 0 Å². The molecule has 1 unspecified atom stereocenters. The highest BCUT2D eigenvalue weighted by Gasteiger charge is 2.25. The molecule has 0 saturated carbocycles. The summed E-state index contributed by atoms with van der Waals surface area (Å²) < 4.78 is 22.6. The summed E-state index contributed by atoms with van der Waals surface area (Å²) in [6.07, 6.45) is 1.29. The van der Waals surface area contributed by atoms with E-state index in [9.17, 15) is 18.4 Å². The van der Waals surface area contributed by atoms with Crippen molar-refractivity contribution in [3.05, 3.63) is 29.5 Å². The van der Waals surface area contributed by atoms with Gasteiger partial charge in [-0.25, -0.2) is 13.6 Å². The highest BCUT2D eigenvalue weighted by molar-refractivity contribution is 7.99. The van der Waals surface area contributed by atoms with Gasteiger partial charge in [0, 0.05) is 49.5 Å². The monoisotopic (exact) mass is 482 g/mol. The average Bonchev–Trinajstić information content (AvgIpc) is 3.21. The lowest BCUT2D eigenvalue weighted by Gasteiger charge is -2.42. The molecule has 0 aliphatic carbocycles. The number of primary sulfonamides is 1. The van der Waals surface area contributed by atoms with Crippen molar-refractivity contribution in [1.82, 2.24) is 20.4 Å². The second-order valence-electron chi connectivity index (χ2n) is 7.82. The van der Waals surface area contributed by atoms with Crippen molar-refractivity contribution in [1.29, 1.82) is 5.26 Å². The molecule has 176 valence electrons. The molecule has 3 rings (SSSR count). The van der Waals surface area contributed by atoms with Gasteiger partial charge in [-0.05, 0) is 37.1 Å². The smallest absolute Gasteiger partial charge is 0.238 e. The van der Waals surface area contributed by atoms with Crippen molar-refractivity contribution >= 4 is 33.4 Å². The highest BCUT2D eigenvalue weighted by atomic mass is 32.2. The first-order valence-corrected chi connectivity index (χ1v) is 13.0. The molecule has 1 amide bonds. The molecular weight excluding hydrogens is 454 g/mol. The number of anilines is 1. The summed E-state index contributed by atoms with van der Waals surface area (Å²) in [5.74, 6) is 1.42. The second kappa shape index (κ2) is 11.4. The number of hydroxylamine groups is 1. The Morgan fingerprint density at radius 1 is 1.31 bits per heavy atom. The predicted octanol–water partition coefficient (Wildman–Crippen LogP) is -0.0602. The Balaban J connectivity index is 1.35. The standard InChI is InChI=1S/C19H28N7O4S2/c20-11-17-13-31-14-25(17)10-7-22-26(28)16-5-8-24(9-6-16)12-19(27)23-15-1-3-18(4-2-15)32(21,29)30/h1-4,16-17,22H,5-10,12-14H2,(H,23,27)(H2,21,29,30)/q-1. The number of nitriles is 1. The number of benzene rings is 1. The van der Waals surface area contributed by atoms with Crippen LogP contribution in [-0.4, -0.2) is 85.7 Å². The van der Waals surface area contributed by atoms with Crippen LogP contribution in [-0.2, 0) is 14.8 Å². The number of nitrogens with two attached hydrogens (primary N) is 1. The number of rotatable bonds is 9. The molecule has 1 aromatic rings. The van der Waals surface area contributed by atoms with Gasteiger partial charge in [0.1, 0.15) is 6.04 Å². The number of thioether (sulfide) groups is 1. The lowest BCUT2D eigenvalue weighted by Crippen LogP contribution is -2.50. The molecule has 1 atom stereocenters. The zero-order chi connectivity index (χ0) is 23.1. The largest absolute Gasteiger partial charge is 0.771 e. The molecule has 0 radical (unpaired) electrons. The van der Waals surface area contributed by atoms with E-state index < -0.39 is 10.0 Å². The molecule has 2 fully saturated rings. The van der Waals surface area contributed by atoms with Crippen LogP contribution in [0.5, 0.6) is 0 Å². The fourth-order valence-electron chi connectivity index (χ4n) is 3.69. The van der Waals surface area contributed by atoms with Crippen molar-refractivity contribution < 1.29 is 13.2 Å². The maximum atomic E-state index is 12.4. The minimum absolute atomic E-state index is 0.0162. The second-order valence-corrected chi connectivity index (χ2v) is 10.4. The van der Waals surface area contributed by atoms with Crippen LogP contribution in [0.25, 0.3) is 0 Å². The number of carbonyl (C=O) groups is 1. The molecule has 2 aliphatic rings. The minimum Gasteiger partial charge on any atom is -0.771 e. The van der Waals surface area contributed by atoms with Crippen molar-refractivity contribution in [3.8, 4) is 6.07 Å². The number of nitrogens with one attached hydrogen (secondary N) is 2. The molecule has 0 spiro atoms. The van der Waals surface area contributed by atoms with E-state index in [1.807, 2.05) is 4.90 Å². The first kappa shape index (κ1) is 24.9. The fraction of sp³-hybridized carbons (Fsp3) is 0.579. The van der Waals surface area contributed by atoms with Crippen LogP contribution in [0, 0.1) is 16.5 Å². The quantitative estimate of drug-likeness (QED) is 0.407. The molecule has 0 aromatic heterocycles. The fourth-order valence-corrected chi connectivity index (χ4v) is 5.37. The van der Waals surface area contributed by atoms with Gasteiger partial charge in [0.2, 0.25) is 15.9 Å². The molecule has 0 bridgehead atoms. The number of hydrogen-bond acceptors (Lipinski definition) is 10. The van der Waals surface area contributed by atoms with E-state index in [-0.39, 0.29) is 29.4 Å². The van der Waals surface area contributed by atoms with Crippen molar-refractivity contribution in [2.45, 2.75) is 29.8 Å².